The summed E-state index contributed by atoms with van der Waals surface area (Å²) in [7, 11) is 0. The van der Waals surface area contributed by atoms with Crippen molar-refractivity contribution in [2.75, 3.05) is 0 Å². The molecule has 0 bridgehead atoms. The van der Waals surface area contributed by atoms with E-state index < -0.39 is 0 Å². The van der Waals surface area contributed by atoms with Crippen LogP contribution in [0.2, 0.25) is 0 Å². The highest BCUT2D eigenvalue weighted by Gasteiger charge is 2.51. The molecule has 2 heteroatoms. The minimum atomic E-state index is -0.328. The predicted molar refractivity (Wildman–Crippen MR) is 80.4 cm³/mol. The van der Waals surface area contributed by atoms with Gasteiger partial charge in [0.2, 0.25) is 0 Å². The minimum Gasteiger partial charge on any atom is -0.312 e. The highest BCUT2D eigenvalue weighted by molar-refractivity contribution is 5.31. The van der Waals surface area contributed by atoms with Crippen LogP contribution in [0.3, 0.4) is 0 Å². The Bertz CT molecular complexity index is 529. The van der Waals surface area contributed by atoms with Crippen molar-refractivity contribution >= 4 is 0 Å². The molecule has 2 aromatic rings. The summed E-state index contributed by atoms with van der Waals surface area (Å²) in [6, 6.07) is 20.6. The number of nitrogens with zero attached hydrogens (tertiary/aromatic N) is 1. The van der Waals surface area contributed by atoms with Crippen LogP contribution in [0.15, 0.2) is 60.7 Å². The van der Waals surface area contributed by atoms with Crippen LogP contribution in [0.5, 0.6) is 0 Å². The van der Waals surface area contributed by atoms with Gasteiger partial charge in [0.1, 0.15) is 0 Å². The van der Waals surface area contributed by atoms with Gasteiger partial charge in [-0.25, -0.2) is 0 Å². The standard InChI is InChI=1S/C18H21NO/c1-17(15-9-5-3-6-10-15)13-14-18(2,19(17)20)16-11-7-4-8-12-16/h3-12,20H,13-14H2,1-2H3. The van der Waals surface area contributed by atoms with Crippen molar-refractivity contribution in [3.63, 3.8) is 0 Å². The summed E-state index contributed by atoms with van der Waals surface area (Å²) in [6.07, 6.45) is 1.89. The van der Waals surface area contributed by atoms with E-state index in [0.29, 0.717) is 0 Å². The molecule has 0 saturated carbocycles. The molecule has 0 radical (unpaired) electrons. The van der Waals surface area contributed by atoms with Crippen LogP contribution in [0, 0.1) is 0 Å². The van der Waals surface area contributed by atoms with E-state index in [2.05, 4.69) is 38.1 Å². The van der Waals surface area contributed by atoms with Crippen LogP contribution in [-0.4, -0.2) is 10.3 Å². The fourth-order valence-corrected chi connectivity index (χ4v) is 3.37. The zero-order chi connectivity index (χ0) is 14.2. The average molecular weight is 267 g/mol. The minimum absolute atomic E-state index is 0.328. The van der Waals surface area contributed by atoms with Gasteiger partial charge in [0, 0.05) is 0 Å². The summed E-state index contributed by atoms with van der Waals surface area (Å²) in [5.41, 5.74) is 1.68. The number of hydrogen-bond donors (Lipinski definition) is 1. The van der Waals surface area contributed by atoms with Crippen molar-refractivity contribution in [1.82, 2.24) is 5.06 Å². The predicted octanol–water partition coefficient (Wildman–Crippen LogP) is 4.30. The molecule has 0 amide bonds. The first kappa shape index (κ1) is 13.3. The Morgan fingerprint density at radius 3 is 1.45 bits per heavy atom. The second-order valence-electron chi connectivity index (χ2n) is 6.09. The third kappa shape index (κ3) is 1.88. The van der Waals surface area contributed by atoms with Crippen LogP contribution >= 0.6 is 0 Å². The molecule has 1 saturated heterocycles. The maximum atomic E-state index is 10.9. The molecular weight excluding hydrogens is 246 g/mol. The molecule has 2 nitrogen and oxygen atoms in total. The zero-order valence-corrected chi connectivity index (χ0v) is 12.1. The molecular formula is C18H21NO. The van der Waals surface area contributed by atoms with Crippen LogP contribution in [0.25, 0.3) is 0 Å². The van der Waals surface area contributed by atoms with E-state index in [4.69, 9.17) is 0 Å². The topological polar surface area (TPSA) is 23.5 Å². The second-order valence-corrected chi connectivity index (χ2v) is 6.09. The quantitative estimate of drug-likeness (QED) is 0.876. The maximum Gasteiger partial charge on any atom is 0.0691 e. The Morgan fingerprint density at radius 2 is 1.10 bits per heavy atom. The number of rotatable bonds is 2. The van der Waals surface area contributed by atoms with Gasteiger partial charge in [0.25, 0.3) is 0 Å². The Balaban J connectivity index is 2.01. The van der Waals surface area contributed by atoms with Gasteiger partial charge in [-0.2, -0.15) is 5.06 Å². The van der Waals surface area contributed by atoms with E-state index in [1.54, 1.807) is 5.06 Å². The van der Waals surface area contributed by atoms with Crippen LogP contribution in [0.4, 0.5) is 0 Å². The number of hydroxylamine groups is 2. The lowest BCUT2D eigenvalue weighted by molar-refractivity contribution is -0.209. The fraction of sp³-hybridized carbons (Fsp3) is 0.333. The summed E-state index contributed by atoms with van der Waals surface area (Å²) in [4.78, 5) is 0. The summed E-state index contributed by atoms with van der Waals surface area (Å²) in [5.74, 6) is 0. The lowest BCUT2D eigenvalue weighted by atomic mass is 9.89. The van der Waals surface area contributed by atoms with Crippen molar-refractivity contribution in [3.05, 3.63) is 71.8 Å². The number of benzene rings is 2. The van der Waals surface area contributed by atoms with E-state index in [-0.39, 0.29) is 11.1 Å². The third-order valence-electron chi connectivity index (χ3n) is 4.82. The first-order valence-corrected chi connectivity index (χ1v) is 7.18. The normalized spacial score (nSPS) is 30.6. The Hall–Kier alpha value is -1.64. The van der Waals surface area contributed by atoms with E-state index in [9.17, 15) is 5.21 Å². The summed E-state index contributed by atoms with van der Waals surface area (Å²) < 4.78 is 0. The molecule has 1 fully saturated rings. The van der Waals surface area contributed by atoms with Gasteiger partial charge < -0.3 is 5.21 Å². The molecule has 20 heavy (non-hydrogen) atoms. The second kappa shape index (κ2) is 4.72. The summed E-state index contributed by atoms with van der Waals surface area (Å²) in [6.45, 7) is 4.24. The molecule has 1 aliphatic heterocycles. The van der Waals surface area contributed by atoms with E-state index >= 15 is 0 Å². The fourth-order valence-electron chi connectivity index (χ4n) is 3.37. The lowest BCUT2D eigenvalue weighted by Gasteiger charge is -2.39. The zero-order valence-electron chi connectivity index (χ0n) is 12.1. The molecule has 2 unspecified atom stereocenters. The molecule has 3 rings (SSSR count). The van der Waals surface area contributed by atoms with Crippen molar-refractivity contribution < 1.29 is 5.21 Å². The molecule has 104 valence electrons. The molecule has 2 atom stereocenters. The van der Waals surface area contributed by atoms with Crippen molar-refractivity contribution in [2.45, 2.75) is 37.8 Å². The molecule has 0 spiro atoms. The smallest absolute Gasteiger partial charge is 0.0691 e. The Kier molecular flexibility index (Phi) is 3.15. The Labute approximate surface area is 120 Å². The first-order valence-electron chi connectivity index (χ1n) is 7.18. The monoisotopic (exact) mass is 267 g/mol. The van der Waals surface area contributed by atoms with Crippen LogP contribution in [-0.2, 0) is 11.1 Å². The maximum absolute atomic E-state index is 10.9. The van der Waals surface area contributed by atoms with Crippen LogP contribution < -0.4 is 0 Å². The van der Waals surface area contributed by atoms with E-state index in [0.717, 1.165) is 12.8 Å². The first-order chi connectivity index (χ1) is 9.57. The van der Waals surface area contributed by atoms with E-state index in [1.165, 1.54) is 11.1 Å². The SMILES string of the molecule is CC1(c2ccccc2)CCC(C)(c2ccccc2)N1O. The van der Waals surface area contributed by atoms with Gasteiger partial charge in [-0.15, -0.1) is 0 Å². The highest BCUT2D eigenvalue weighted by atomic mass is 16.5. The van der Waals surface area contributed by atoms with E-state index in [1.807, 2.05) is 36.4 Å². The van der Waals surface area contributed by atoms with Gasteiger partial charge in [0.05, 0.1) is 11.1 Å². The van der Waals surface area contributed by atoms with Gasteiger partial charge in [-0.3, -0.25) is 0 Å². The summed E-state index contributed by atoms with van der Waals surface area (Å²) >= 11 is 0. The molecule has 2 aromatic carbocycles. The highest BCUT2D eigenvalue weighted by Crippen LogP contribution is 2.50. The van der Waals surface area contributed by atoms with Gasteiger partial charge in [0.15, 0.2) is 0 Å². The third-order valence-corrected chi connectivity index (χ3v) is 4.82. The largest absolute Gasteiger partial charge is 0.312 e. The lowest BCUT2D eigenvalue weighted by Crippen LogP contribution is -2.45. The Morgan fingerprint density at radius 1 is 0.750 bits per heavy atom. The number of hydrogen-bond acceptors (Lipinski definition) is 2. The van der Waals surface area contributed by atoms with Crippen molar-refractivity contribution in [2.24, 2.45) is 0 Å². The molecule has 1 N–H and O–H groups in total. The molecule has 1 heterocycles. The van der Waals surface area contributed by atoms with Gasteiger partial charge in [-0.1, -0.05) is 60.7 Å². The molecule has 0 aliphatic carbocycles. The average Bonchev–Trinajstić information content (AvgIpc) is 2.76. The van der Waals surface area contributed by atoms with Gasteiger partial charge >= 0.3 is 0 Å². The molecule has 1 aliphatic rings. The van der Waals surface area contributed by atoms with Crippen molar-refractivity contribution in [1.29, 1.82) is 0 Å². The summed E-state index contributed by atoms with van der Waals surface area (Å²) in [5, 5.41) is 12.5. The van der Waals surface area contributed by atoms with Crippen molar-refractivity contribution in [3.8, 4) is 0 Å². The van der Waals surface area contributed by atoms with Crippen LogP contribution in [0.1, 0.15) is 37.8 Å². The molecule has 0 aromatic heterocycles. The van der Waals surface area contributed by atoms with Gasteiger partial charge in [-0.05, 0) is 37.8 Å².